The molecule has 1 saturated heterocycles. The van der Waals surface area contributed by atoms with Gasteiger partial charge in [0.05, 0.1) is 25.9 Å². The van der Waals surface area contributed by atoms with E-state index in [1.165, 1.54) is 7.11 Å². The normalized spacial score (nSPS) is 15.8. The Balaban J connectivity index is 1.86. The second kappa shape index (κ2) is 7.12. The molecule has 1 aliphatic rings. The van der Waals surface area contributed by atoms with Crippen molar-refractivity contribution >= 4 is 11.6 Å². The highest BCUT2D eigenvalue weighted by Crippen LogP contribution is 2.20. The first-order valence-corrected chi connectivity index (χ1v) is 6.72. The summed E-state index contributed by atoms with van der Waals surface area (Å²) in [6, 6.07) is 5.04. The topological polar surface area (TPSA) is 76.8 Å². The third-order valence-corrected chi connectivity index (χ3v) is 3.29. The molecule has 0 spiro atoms. The predicted octanol–water partition coefficient (Wildman–Crippen LogP) is 0.339. The molecular weight excluding hydrogens is 258 g/mol. The molecule has 3 N–H and O–H groups in total. The molecule has 110 valence electrons. The van der Waals surface area contributed by atoms with E-state index in [1.54, 1.807) is 18.2 Å². The van der Waals surface area contributed by atoms with Crippen LogP contribution in [-0.2, 0) is 4.74 Å². The number of methoxy groups -OCH3 is 1. The number of nitrogens with zero attached hydrogens (tertiary/aromatic N) is 1. The van der Waals surface area contributed by atoms with E-state index in [0.29, 0.717) is 23.5 Å². The number of rotatable bonds is 5. The lowest BCUT2D eigenvalue weighted by atomic mass is 10.1. The molecule has 6 nitrogen and oxygen atoms in total. The Hall–Kier alpha value is -1.79. The third kappa shape index (κ3) is 3.85. The van der Waals surface area contributed by atoms with Crippen molar-refractivity contribution in [2.45, 2.75) is 0 Å². The first kappa shape index (κ1) is 14.6. The summed E-state index contributed by atoms with van der Waals surface area (Å²) in [5, 5.41) is 2.89. The van der Waals surface area contributed by atoms with Gasteiger partial charge in [0.15, 0.2) is 0 Å². The smallest absolute Gasteiger partial charge is 0.255 e. The molecular formula is C14H21N3O3. The molecule has 1 fully saturated rings. The van der Waals surface area contributed by atoms with E-state index in [2.05, 4.69) is 10.2 Å². The molecule has 0 radical (unpaired) electrons. The average molecular weight is 279 g/mol. The molecule has 1 aromatic rings. The Labute approximate surface area is 118 Å². The molecule has 0 aliphatic carbocycles. The number of hydrogen-bond acceptors (Lipinski definition) is 5. The number of benzene rings is 1. The molecule has 1 heterocycles. The number of anilines is 1. The van der Waals surface area contributed by atoms with Gasteiger partial charge < -0.3 is 20.5 Å². The minimum absolute atomic E-state index is 0.164. The summed E-state index contributed by atoms with van der Waals surface area (Å²) in [7, 11) is 1.54. The van der Waals surface area contributed by atoms with E-state index in [9.17, 15) is 4.79 Å². The summed E-state index contributed by atoms with van der Waals surface area (Å²) < 4.78 is 10.5. The van der Waals surface area contributed by atoms with Gasteiger partial charge in [0.2, 0.25) is 0 Å². The largest absolute Gasteiger partial charge is 0.496 e. The number of carbonyl (C=O) groups excluding carboxylic acids is 1. The van der Waals surface area contributed by atoms with Gasteiger partial charge in [-0.1, -0.05) is 0 Å². The van der Waals surface area contributed by atoms with Crippen molar-refractivity contribution in [2.24, 2.45) is 0 Å². The van der Waals surface area contributed by atoms with Crippen LogP contribution in [0, 0.1) is 0 Å². The number of morpholine rings is 1. The molecule has 0 atom stereocenters. The Morgan fingerprint density at radius 1 is 1.45 bits per heavy atom. The van der Waals surface area contributed by atoms with Crippen molar-refractivity contribution in [3.8, 4) is 5.75 Å². The van der Waals surface area contributed by atoms with Gasteiger partial charge in [0.25, 0.3) is 5.91 Å². The second-order valence-electron chi connectivity index (χ2n) is 4.67. The molecule has 1 aliphatic heterocycles. The van der Waals surface area contributed by atoms with Gasteiger partial charge in [-0.2, -0.15) is 0 Å². The quantitative estimate of drug-likeness (QED) is 0.760. The maximum absolute atomic E-state index is 12.1. The number of carbonyl (C=O) groups is 1. The Kier molecular flexibility index (Phi) is 5.20. The summed E-state index contributed by atoms with van der Waals surface area (Å²) in [5.74, 6) is 0.366. The van der Waals surface area contributed by atoms with E-state index in [4.69, 9.17) is 15.2 Å². The molecule has 0 saturated carbocycles. The zero-order chi connectivity index (χ0) is 14.4. The Morgan fingerprint density at radius 3 is 2.90 bits per heavy atom. The van der Waals surface area contributed by atoms with E-state index in [-0.39, 0.29) is 5.91 Å². The van der Waals surface area contributed by atoms with E-state index in [0.717, 1.165) is 32.8 Å². The van der Waals surface area contributed by atoms with Crippen molar-refractivity contribution in [1.82, 2.24) is 10.2 Å². The fourth-order valence-corrected chi connectivity index (χ4v) is 2.15. The number of hydrogen-bond donors (Lipinski definition) is 2. The monoisotopic (exact) mass is 279 g/mol. The highest BCUT2D eigenvalue weighted by Gasteiger charge is 2.14. The molecule has 6 heteroatoms. The SMILES string of the molecule is COc1ccc(N)cc1C(=O)NCCN1CCOCC1. The Bertz CT molecular complexity index is 459. The van der Waals surface area contributed by atoms with Crippen molar-refractivity contribution in [1.29, 1.82) is 0 Å². The summed E-state index contributed by atoms with van der Waals surface area (Å²) in [4.78, 5) is 14.4. The highest BCUT2D eigenvalue weighted by molar-refractivity contribution is 5.97. The van der Waals surface area contributed by atoms with E-state index in [1.807, 2.05) is 0 Å². The Morgan fingerprint density at radius 2 is 2.20 bits per heavy atom. The molecule has 20 heavy (non-hydrogen) atoms. The van der Waals surface area contributed by atoms with Crippen LogP contribution in [-0.4, -0.2) is 57.3 Å². The minimum Gasteiger partial charge on any atom is -0.496 e. The summed E-state index contributed by atoms with van der Waals surface area (Å²) in [5.41, 5.74) is 6.72. The van der Waals surface area contributed by atoms with Gasteiger partial charge in [0, 0.05) is 31.9 Å². The highest BCUT2D eigenvalue weighted by atomic mass is 16.5. The van der Waals surface area contributed by atoms with Crippen LogP contribution in [0.1, 0.15) is 10.4 Å². The molecule has 1 amide bonds. The van der Waals surface area contributed by atoms with Crippen LogP contribution in [0.5, 0.6) is 5.75 Å². The molecule has 0 bridgehead atoms. The zero-order valence-electron chi connectivity index (χ0n) is 11.7. The average Bonchev–Trinajstić information content (AvgIpc) is 2.48. The molecule has 2 rings (SSSR count). The lowest BCUT2D eigenvalue weighted by molar-refractivity contribution is 0.0383. The fraction of sp³-hybridized carbons (Fsp3) is 0.500. The van der Waals surface area contributed by atoms with Crippen LogP contribution in [0.25, 0.3) is 0 Å². The minimum atomic E-state index is -0.164. The first-order valence-electron chi connectivity index (χ1n) is 6.72. The van der Waals surface area contributed by atoms with Crippen LogP contribution in [0.4, 0.5) is 5.69 Å². The second-order valence-corrected chi connectivity index (χ2v) is 4.67. The maximum atomic E-state index is 12.1. The van der Waals surface area contributed by atoms with Gasteiger partial charge >= 0.3 is 0 Å². The molecule has 1 aromatic carbocycles. The summed E-state index contributed by atoms with van der Waals surface area (Å²) >= 11 is 0. The summed E-state index contributed by atoms with van der Waals surface area (Å²) in [6.45, 7) is 4.76. The predicted molar refractivity (Wildman–Crippen MR) is 77.0 cm³/mol. The number of amides is 1. The zero-order valence-corrected chi connectivity index (χ0v) is 11.7. The number of nitrogen functional groups attached to an aromatic ring is 1. The number of nitrogens with two attached hydrogens (primary N) is 1. The van der Waals surface area contributed by atoms with Gasteiger partial charge in [-0.15, -0.1) is 0 Å². The lowest BCUT2D eigenvalue weighted by Gasteiger charge is -2.26. The van der Waals surface area contributed by atoms with Crippen molar-refractivity contribution in [3.63, 3.8) is 0 Å². The van der Waals surface area contributed by atoms with Gasteiger partial charge in [0.1, 0.15) is 5.75 Å². The van der Waals surface area contributed by atoms with E-state index >= 15 is 0 Å². The number of ether oxygens (including phenoxy) is 2. The van der Waals surface area contributed by atoms with Crippen molar-refractivity contribution < 1.29 is 14.3 Å². The summed E-state index contributed by atoms with van der Waals surface area (Å²) in [6.07, 6.45) is 0. The fourth-order valence-electron chi connectivity index (χ4n) is 2.15. The number of nitrogens with one attached hydrogen (secondary N) is 1. The van der Waals surface area contributed by atoms with Crippen molar-refractivity contribution in [2.75, 3.05) is 52.2 Å². The van der Waals surface area contributed by atoms with Gasteiger partial charge in [-0.05, 0) is 18.2 Å². The van der Waals surface area contributed by atoms with Gasteiger partial charge in [-0.3, -0.25) is 9.69 Å². The molecule has 0 unspecified atom stereocenters. The van der Waals surface area contributed by atoms with Crippen LogP contribution in [0.2, 0.25) is 0 Å². The van der Waals surface area contributed by atoms with Crippen LogP contribution in [0.3, 0.4) is 0 Å². The van der Waals surface area contributed by atoms with Crippen LogP contribution in [0.15, 0.2) is 18.2 Å². The van der Waals surface area contributed by atoms with Gasteiger partial charge in [-0.25, -0.2) is 0 Å². The van der Waals surface area contributed by atoms with E-state index < -0.39 is 0 Å². The maximum Gasteiger partial charge on any atom is 0.255 e. The lowest BCUT2D eigenvalue weighted by Crippen LogP contribution is -2.41. The van der Waals surface area contributed by atoms with Crippen molar-refractivity contribution in [3.05, 3.63) is 23.8 Å². The third-order valence-electron chi connectivity index (χ3n) is 3.29. The van der Waals surface area contributed by atoms with Crippen LogP contribution >= 0.6 is 0 Å². The molecule has 0 aromatic heterocycles. The standard InChI is InChI=1S/C14H21N3O3/c1-19-13-3-2-11(15)10-12(13)14(18)16-4-5-17-6-8-20-9-7-17/h2-3,10H,4-9,15H2,1H3,(H,16,18). The van der Waals surface area contributed by atoms with Crippen LogP contribution < -0.4 is 15.8 Å². The first-order chi connectivity index (χ1) is 9.70.